The monoisotopic (exact) mass is 178 g/mol. The average Bonchev–Trinajstić information content (AvgIpc) is 2.01. The molecule has 2 rings (SSSR count). The minimum atomic E-state index is -0.109. The van der Waals surface area contributed by atoms with Crippen molar-refractivity contribution in [1.29, 1.82) is 0 Å². The lowest BCUT2D eigenvalue weighted by Gasteiger charge is -2.32. The van der Waals surface area contributed by atoms with Gasteiger partial charge in [0.25, 0.3) is 0 Å². The molecular formula is C10H14N2O. The molecule has 1 aliphatic carbocycles. The summed E-state index contributed by atoms with van der Waals surface area (Å²) in [7, 11) is 0. The number of aromatic nitrogens is 1. The fourth-order valence-electron chi connectivity index (χ4n) is 1.54. The Hall–Kier alpha value is -1.09. The molecule has 1 aromatic heterocycles. The van der Waals surface area contributed by atoms with Gasteiger partial charge in [-0.05, 0) is 31.9 Å². The highest BCUT2D eigenvalue weighted by Gasteiger charge is 2.26. The van der Waals surface area contributed by atoms with Crippen LogP contribution in [0.25, 0.3) is 0 Å². The zero-order chi connectivity index (χ0) is 9.26. The maximum Gasteiger partial charge on any atom is 0.126 e. The van der Waals surface area contributed by atoms with E-state index in [1.807, 2.05) is 25.1 Å². The van der Waals surface area contributed by atoms with Crippen LogP contribution < -0.4 is 5.32 Å². The molecule has 0 radical (unpaired) electrons. The van der Waals surface area contributed by atoms with E-state index in [0.29, 0.717) is 6.04 Å². The number of anilines is 1. The molecule has 1 aromatic rings. The highest BCUT2D eigenvalue weighted by atomic mass is 16.3. The van der Waals surface area contributed by atoms with Gasteiger partial charge in [-0.25, -0.2) is 4.98 Å². The van der Waals surface area contributed by atoms with Gasteiger partial charge in [-0.2, -0.15) is 0 Å². The maximum absolute atomic E-state index is 9.09. The van der Waals surface area contributed by atoms with Crippen LogP contribution in [-0.2, 0) is 0 Å². The number of pyridine rings is 1. The SMILES string of the molecule is Cc1cccc(NC2CC(O)C2)n1. The van der Waals surface area contributed by atoms with Crippen molar-refractivity contribution in [2.45, 2.75) is 31.9 Å². The third kappa shape index (κ3) is 1.98. The maximum atomic E-state index is 9.09. The molecule has 1 fully saturated rings. The average molecular weight is 178 g/mol. The molecule has 0 unspecified atom stereocenters. The summed E-state index contributed by atoms with van der Waals surface area (Å²) in [6.07, 6.45) is 1.58. The number of nitrogens with one attached hydrogen (secondary N) is 1. The molecule has 0 amide bonds. The van der Waals surface area contributed by atoms with Gasteiger partial charge in [0.2, 0.25) is 0 Å². The van der Waals surface area contributed by atoms with Crippen LogP contribution in [-0.4, -0.2) is 22.2 Å². The van der Waals surface area contributed by atoms with Crippen LogP contribution in [0, 0.1) is 6.92 Å². The second-order valence-electron chi connectivity index (χ2n) is 3.63. The predicted octanol–water partition coefficient (Wildman–Crippen LogP) is 1.33. The van der Waals surface area contributed by atoms with E-state index in [1.165, 1.54) is 0 Å². The summed E-state index contributed by atoms with van der Waals surface area (Å²) >= 11 is 0. The number of hydrogen-bond acceptors (Lipinski definition) is 3. The zero-order valence-corrected chi connectivity index (χ0v) is 7.70. The number of aryl methyl sites for hydroxylation is 1. The Labute approximate surface area is 77.8 Å². The van der Waals surface area contributed by atoms with E-state index >= 15 is 0 Å². The van der Waals surface area contributed by atoms with E-state index in [0.717, 1.165) is 24.4 Å². The zero-order valence-electron chi connectivity index (χ0n) is 7.70. The van der Waals surface area contributed by atoms with Crippen molar-refractivity contribution in [3.05, 3.63) is 23.9 Å². The normalized spacial score (nSPS) is 26.6. The first kappa shape index (κ1) is 8.51. The quantitative estimate of drug-likeness (QED) is 0.718. The van der Waals surface area contributed by atoms with E-state index in [4.69, 9.17) is 5.11 Å². The number of aliphatic hydroxyl groups excluding tert-OH is 1. The number of aliphatic hydroxyl groups is 1. The Bertz CT molecular complexity index is 295. The Morgan fingerprint density at radius 2 is 2.23 bits per heavy atom. The molecule has 0 bridgehead atoms. The van der Waals surface area contributed by atoms with Gasteiger partial charge < -0.3 is 10.4 Å². The van der Waals surface area contributed by atoms with Gasteiger partial charge in [-0.1, -0.05) is 6.07 Å². The predicted molar refractivity (Wildman–Crippen MR) is 51.6 cm³/mol. The summed E-state index contributed by atoms with van der Waals surface area (Å²) in [5.74, 6) is 0.914. The molecule has 1 aliphatic rings. The van der Waals surface area contributed by atoms with Crippen LogP contribution in [0.5, 0.6) is 0 Å². The fourth-order valence-corrected chi connectivity index (χ4v) is 1.54. The Balaban J connectivity index is 1.94. The van der Waals surface area contributed by atoms with Gasteiger partial charge in [0.1, 0.15) is 5.82 Å². The molecule has 0 spiro atoms. The lowest BCUT2D eigenvalue weighted by Crippen LogP contribution is -2.39. The minimum absolute atomic E-state index is 0.109. The molecule has 70 valence electrons. The molecule has 0 aliphatic heterocycles. The number of nitrogens with zero attached hydrogens (tertiary/aromatic N) is 1. The second kappa shape index (κ2) is 3.34. The van der Waals surface area contributed by atoms with E-state index < -0.39 is 0 Å². The summed E-state index contributed by atoms with van der Waals surface area (Å²) in [5, 5.41) is 12.4. The highest BCUT2D eigenvalue weighted by molar-refractivity contribution is 5.37. The summed E-state index contributed by atoms with van der Waals surface area (Å²) in [6.45, 7) is 1.97. The van der Waals surface area contributed by atoms with Crippen LogP contribution in [0.4, 0.5) is 5.82 Å². The standard InChI is InChI=1S/C10H14N2O/c1-7-3-2-4-10(11-7)12-8-5-9(13)6-8/h2-4,8-9,13H,5-6H2,1H3,(H,11,12). The number of rotatable bonds is 2. The molecule has 0 aromatic carbocycles. The van der Waals surface area contributed by atoms with Crippen LogP contribution in [0.1, 0.15) is 18.5 Å². The van der Waals surface area contributed by atoms with E-state index in [-0.39, 0.29) is 6.10 Å². The molecule has 3 nitrogen and oxygen atoms in total. The van der Waals surface area contributed by atoms with Crippen LogP contribution in [0.2, 0.25) is 0 Å². The van der Waals surface area contributed by atoms with Gasteiger partial charge >= 0.3 is 0 Å². The van der Waals surface area contributed by atoms with E-state index in [9.17, 15) is 0 Å². The van der Waals surface area contributed by atoms with Crippen LogP contribution in [0.15, 0.2) is 18.2 Å². The largest absolute Gasteiger partial charge is 0.393 e. The molecule has 0 atom stereocenters. The van der Waals surface area contributed by atoms with E-state index in [2.05, 4.69) is 10.3 Å². The van der Waals surface area contributed by atoms with Crippen molar-refractivity contribution in [1.82, 2.24) is 4.98 Å². The first-order chi connectivity index (χ1) is 6.24. The summed E-state index contributed by atoms with van der Waals surface area (Å²) in [6, 6.07) is 6.32. The molecule has 1 saturated carbocycles. The molecule has 1 heterocycles. The smallest absolute Gasteiger partial charge is 0.126 e. The molecule has 3 heteroatoms. The van der Waals surface area contributed by atoms with Crippen molar-refractivity contribution in [2.75, 3.05) is 5.32 Å². The highest BCUT2D eigenvalue weighted by Crippen LogP contribution is 2.22. The van der Waals surface area contributed by atoms with E-state index in [1.54, 1.807) is 0 Å². The minimum Gasteiger partial charge on any atom is -0.393 e. The van der Waals surface area contributed by atoms with Crippen molar-refractivity contribution in [2.24, 2.45) is 0 Å². The first-order valence-electron chi connectivity index (χ1n) is 4.62. The lowest BCUT2D eigenvalue weighted by atomic mass is 9.89. The Morgan fingerprint density at radius 1 is 1.46 bits per heavy atom. The third-order valence-electron chi connectivity index (χ3n) is 2.35. The Kier molecular flexibility index (Phi) is 2.19. The summed E-state index contributed by atoms with van der Waals surface area (Å²) < 4.78 is 0. The van der Waals surface area contributed by atoms with Gasteiger partial charge in [0, 0.05) is 11.7 Å². The molecule has 2 N–H and O–H groups in total. The van der Waals surface area contributed by atoms with Gasteiger partial charge in [-0.15, -0.1) is 0 Å². The molecule has 13 heavy (non-hydrogen) atoms. The fraction of sp³-hybridized carbons (Fsp3) is 0.500. The van der Waals surface area contributed by atoms with Gasteiger partial charge in [0.05, 0.1) is 6.10 Å². The summed E-state index contributed by atoms with van der Waals surface area (Å²) in [4.78, 5) is 4.33. The van der Waals surface area contributed by atoms with Gasteiger partial charge in [-0.3, -0.25) is 0 Å². The van der Waals surface area contributed by atoms with Crippen LogP contribution >= 0.6 is 0 Å². The second-order valence-corrected chi connectivity index (χ2v) is 3.63. The van der Waals surface area contributed by atoms with Crippen molar-refractivity contribution in [3.8, 4) is 0 Å². The van der Waals surface area contributed by atoms with Gasteiger partial charge in [0.15, 0.2) is 0 Å². The first-order valence-corrected chi connectivity index (χ1v) is 4.62. The van der Waals surface area contributed by atoms with Crippen molar-refractivity contribution >= 4 is 5.82 Å². The molecular weight excluding hydrogens is 164 g/mol. The third-order valence-corrected chi connectivity index (χ3v) is 2.35. The lowest BCUT2D eigenvalue weighted by molar-refractivity contribution is 0.0835. The van der Waals surface area contributed by atoms with Crippen molar-refractivity contribution < 1.29 is 5.11 Å². The Morgan fingerprint density at radius 3 is 2.85 bits per heavy atom. The summed E-state index contributed by atoms with van der Waals surface area (Å²) in [5.41, 5.74) is 1.02. The number of hydrogen-bond donors (Lipinski definition) is 2. The molecule has 0 saturated heterocycles. The topological polar surface area (TPSA) is 45.1 Å². The van der Waals surface area contributed by atoms with Crippen LogP contribution in [0.3, 0.4) is 0 Å². The van der Waals surface area contributed by atoms with Crippen molar-refractivity contribution in [3.63, 3.8) is 0 Å².